The van der Waals surface area contributed by atoms with Crippen molar-refractivity contribution < 1.29 is 23.8 Å². The first-order chi connectivity index (χ1) is 12.9. The lowest BCUT2D eigenvalue weighted by Crippen LogP contribution is -2.18. The van der Waals surface area contributed by atoms with Gasteiger partial charge in [0.15, 0.2) is 11.5 Å². The standard InChI is InChI=1S/C20H22N2O5/c1-5-26-19-11-15(7-9-17(19)27-14(3)23)12-21-22-20(24)16-8-6-13(2)10-18(16)25-4/h6-12H,5H2,1-4H3,(H,22,24)/b21-12-. The molecule has 0 radical (unpaired) electrons. The number of benzene rings is 2. The zero-order valence-electron chi connectivity index (χ0n) is 15.7. The van der Waals surface area contributed by atoms with Crippen molar-refractivity contribution in [1.82, 2.24) is 5.43 Å². The molecule has 0 aliphatic heterocycles. The number of rotatable bonds is 7. The van der Waals surface area contributed by atoms with Gasteiger partial charge in [-0.05, 0) is 55.3 Å². The summed E-state index contributed by atoms with van der Waals surface area (Å²) in [5.74, 6) is 0.409. The maximum absolute atomic E-state index is 12.3. The van der Waals surface area contributed by atoms with Gasteiger partial charge in [0, 0.05) is 6.92 Å². The van der Waals surface area contributed by atoms with Gasteiger partial charge in [-0.25, -0.2) is 5.43 Å². The summed E-state index contributed by atoms with van der Waals surface area (Å²) in [5.41, 5.74) is 4.51. The van der Waals surface area contributed by atoms with Gasteiger partial charge < -0.3 is 14.2 Å². The van der Waals surface area contributed by atoms with Crippen LogP contribution in [0, 0.1) is 6.92 Å². The van der Waals surface area contributed by atoms with Crippen molar-refractivity contribution in [2.45, 2.75) is 20.8 Å². The molecule has 0 bridgehead atoms. The van der Waals surface area contributed by atoms with E-state index in [1.165, 1.54) is 20.2 Å². The molecule has 0 spiro atoms. The SMILES string of the molecule is CCOc1cc(/C=N\NC(=O)c2ccc(C)cc2OC)ccc1OC(C)=O. The molecule has 0 saturated carbocycles. The Kier molecular flexibility index (Phi) is 6.93. The van der Waals surface area contributed by atoms with Gasteiger partial charge in [0.25, 0.3) is 5.91 Å². The van der Waals surface area contributed by atoms with Crippen LogP contribution in [0.5, 0.6) is 17.2 Å². The fourth-order valence-electron chi connectivity index (χ4n) is 2.32. The average Bonchev–Trinajstić information content (AvgIpc) is 2.63. The highest BCUT2D eigenvalue weighted by Gasteiger charge is 2.12. The van der Waals surface area contributed by atoms with Crippen molar-refractivity contribution in [1.29, 1.82) is 0 Å². The molecule has 7 nitrogen and oxygen atoms in total. The molecule has 0 aromatic heterocycles. The molecule has 0 heterocycles. The second-order valence-electron chi connectivity index (χ2n) is 5.64. The van der Waals surface area contributed by atoms with Crippen molar-refractivity contribution in [3.8, 4) is 17.2 Å². The molecule has 27 heavy (non-hydrogen) atoms. The molecule has 0 atom stereocenters. The van der Waals surface area contributed by atoms with E-state index in [2.05, 4.69) is 10.5 Å². The first-order valence-corrected chi connectivity index (χ1v) is 8.38. The lowest BCUT2D eigenvalue weighted by atomic mass is 10.1. The summed E-state index contributed by atoms with van der Waals surface area (Å²) in [7, 11) is 1.51. The normalized spacial score (nSPS) is 10.5. The quantitative estimate of drug-likeness (QED) is 0.350. The van der Waals surface area contributed by atoms with Gasteiger partial charge >= 0.3 is 5.97 Å². The summed E-state index contributed by atoms with van der Waals surface area (Å²) < 4.78 is 15.8. The minimum absolute atomic E-state index is 0.329. The zero-order chi connectivity index (χ0) is 19.8. The van der Waals surface area contributed by atoms with Crippen LogP contribution in [0.4, 0.5) is 0 Å². The third kappa shape index (κ3) is 5.57. The lowest BCUT2D eigenvalue weighted by molar-refractivity contribution is -0.132. The van der Waals surface area contributed by atoms with Crippen molar-refractivity contribution in [2.75, 3.05) is 13.7 Å². The Hall–Kier alpha value is -3.35. The smallest absolute Gasteiger partial charge is 0.308 e. The van der Waals surface area contributed by atoms with Gasteiger partial charge in [0.05, 0.1) is 25.5 Å². The van der Waals surface area contributed by atoms with E-state index >= 15 is 0 Å². The Morgan fingerprint density at radius 1 is 1.11 bits per heavy atom. The highest BCUT2D eigenvalue weighted by Crippen LogP contribution is 2.28. The molecule has 1 amide bonds. The van der Waals surface area contributed by atoms with Crippen LogP contribution in [0.15, 0.2) is 41.5 Å². The van der Waals surface area contributed by atoms with Crippen LogP contribution in [0.2, 0.25) is 0 Å². The van der Waals surface area contributed by atoms with E-state index in [0.29, 0.717) is 35.0 Å². The number of hydrogen-bond acceptors (Lipinski definition) is 6. The summed E-state index contributed by atoms with van der Waals surface area (Å²) in [6, 6.07) is 10.3. The van der Waals surface area contributed by atoms with E-state index in [1.54, 1.807) is 30.3 Å². The van der Waals surface area contributed by atoms with Gasteiger partial charge in [-0.1, -0.05) is 6.07 Å². The topological polar surface area (TPSA) is 86.2 Å². The summed E-state index contributed by atoms with van der Waals surface area (Å²) in [5, 5.41) is 3.96. The van der Waals surface area contributed by atoms with E-state index in [0.717, 1.165) is 5.56 Å². The number of esters is 1. The molecule has 0 aliphatic rings. The van der Waals surface area contributed by atoms with Crippen molar-refractivity contribution in [2.24, 2.45) is 5.10 Å². The second-order valence-corrected chi connectivity index (χ2v) is 5.64. The number of carbonyl (C=O) groups excluding carboxylic acids is 2. The van der Waals surface area contributed by atoms with E-state index in [1.807, 2.05) is 19.9 Å². The number of methoxy groups -OCH3 is 1. The number of nitrogens with zero attached hydrogens (tertiary/aromatic N) is 1. The van der Waals surface area contributed by atoms with Gasteiger partial charge in [0.2, 0.25) is 0 Å². The molecule has 0 saturated heterocycles. The Morgan fingerprint density at radius 3 is 2.56 bits per heavy atom. The number of hydrazone groups is 1. The van der Waals surface area contributed by atoms with Gasteiger partial charge in [0.1, 0.15) is 5.75 Å². The number of aryl methyl sites for hydroxylation is 1. The Labute approximate surface area is 157 Å². The van der Waals surface area contributed by atoms with Crippen LogP contribution in [0.3, 0.4) is 0 Å². The summed E-state index contributed by atoms with van der Waals surface area (Å²) in [4.78, 5) is 23.4. The molecule has 2 rings (SSSR count). The highest BCUT2D eigenvalue weighted by molar-refractivity contribution is 5.97. The molecule has 2 aromatic rings. The second kappa shape index (κ2) is 9.38. The molecular formula is C20H22N2O5. The Bertz CT molecular complexity index is 861. The molecule has 0 aliphatic carbocycles. The maximum Gasteiger partial charge on any atom is 0.308 e. The molecule has 1 N–H and O–H groups in total. The van der Waals surface area contributed by atoms with Crippen molar-refractivity contribution in [3.05, 3.63) is 53.1 Å². The minimum Gasteiger partial charge on any atom is -0.496 e. The van der Waals surface area contributed by atoms with Crippen LogP contribution in [0.25, 0.3) is 0 Å². The number of ether oxygens (including phenoxy) is 3. The third-order valence-corrected chi connectivity index (χ3v) is 3.50. The van der Waals surface area contributed by atoms with Gasteiger partial charge in [-0.3, -0.25) is 9.59 Å². The molecule has 2 aromatic carbocycles. The fourth-order valence-corrected chi connectivity index (χ4v) is 2.32. The lowest BCUT2D eigenvalue weighted by Gasteiger charge is -2.10. The zero-order valence-corrected chi connectivity index (χ0v) is 15.7. The van der Waals surface area contributed by atoms with Crippen LogP contribution >= 0.6 is 0 Å². The molecule has 7 heteroatoms. The first kappa shape index (κ1) is 20.0. The van der Waals surface area contributed by atoms with E-state index in [9.17, 15) is 9.59 Å². The van der Waals surface area contributed by atoms with Crippen molar-refractivity contribution in [3.63, 3.8) is 0 Å². The largest absolute Gasteiger partial charge is 0.496 e. The molecule has 142 valence electrons. The average molecular weight is 370 g/mol. The van der Waals surface area contributed by atoms with E-state index in [4.69, 9.17) is 14.2 Å². The van der Waals surface area contributed by atoms with Gasteiger partial charge in [-0.2, -0.15) is 5.10 Å². The monoisotopic (exact) mass is 370 g/mol. The van der Waals surface area contributed by atoms with Crippen LogP contribution in [-0.2, 0) is 4.79 Å². The Morgan fingerprint density at radius 2 is 1.89 bits per heavy atom. The summed E-state index contributed by atoms with van der Waals surface area (Å²) >= 11 is 0. The molecule has 0 fully saturated rings. The molecular weight excluding hydrogens is 348 g/mol. The van der Waals surface area contributed by atoms with Crippen molar-refractivity contribution >= 4 is 18.1 Å². The predicted octanol–water partition coefficient (Wildman–Crippen LogP) is 3.09. The summed E-state index contributed by atoms with van der Waals surface area (Å²) in [6.45, 7) is 5.48. The van der Waals surface area contributed by atoms with Crippen LogP contribution in [-0.4, -0.2) is 31.8 Å². The maximum atomic E-state index is 12.3. The van der Waals surface area contributed by atoms with E-state index < -0.39 is 5.97 Å². The van der Waals surface area contributed by atoms with Gasteiger partial charge in [-0.15, -0.1) is 0 Å². The van der Waals surface area contributed by atoms with E-state index in [-0.39, 0.29) is 5.91 Å². The van der Waals surface area contributed by atoms with Crippen LogP contribution in [0.1, 0.15) is 35.3 Å². The number of carbonyl (C=O) groups is 2. The number of amides is 1. The first-order valence-electron chi connectivity index (χ1n) is 8.38. The number of nitrogens with one attached hydrogen (secondary N) is 1. The summed E-state index contributed by atoms with van der Waals surface area (Å²) in [6.07, 6.45) is 1.47. The third-order valence-electron chi connectivity index (χ3n) is 3.50. The number of hydrogen-bond donors (Lipinski definition) is 1. The highest BCUT2D eigenvalue weighted by atomic mass is 16.6. The Balaban J connectivity index is 2.12. The minimum atomic E-state index is -0.434. The predicted molar refractivity (Wildman–Crippen MR) is 102 cm³/mol. The van der Waals surface area contributed by atoms with Crippen LogP contribution < -0.4 is 19.6 Å². The fraction of sp³-hybridized carbons (Fsp3) is 0.250. The molecule has 0 unspecified atom stereocenters.